The number of hydrogen-bond acceptors (Lipinski definition) is 6. The lowest BCUT2D eigenvalue weighted by Crippen LogP contribution is -2.24. The van der Waals surface area contributed by atoms with Gasteiger partial charge in [0.25, 0.3) is 0 Å². The Morgan fingerprint density at radius 1 is 0.417 bits per heavy atom. The highest BCUT2D eigenvalue weighted by atomic mass is 19.3. The first kappa shape index (κ1) is 47.8. The van der Waals surface area contributed by atoms with Crippen molar-refractivity contribution in [3.63, 3.8) is 0 Å². The van der Waals surface area contributed by atoms with E-state index in [1.165, 1.54) is 61.4 Å². The minimum absolute atomic E-state index is 0.0519. The third-order valence-corrected chi connectivity index (χ3v) is 9.68. The molecule has 0 spiro atoms. The van der Waals surface area contributed by atoms with Gasteiger partial charge in [0.15, 0.2) is 23.1 Å². The lowest BCUT2D eigenvalue weighted by molar-refractivity contribution is -0.188. The van der Waals surface area contributed by atoms with E-state index in [-0.39, 0.29) is 24.7 Å². The molecule has 0 saturated heterocycles. The van der Waals surface area contributed by atoms with Crippen LogP contribution in [0.15, 0.2) is 72.8 Å². The second kappa shape index (κ2) is 23.8. The van der Waals surface area contributed by atoms with Crippen molar-refractivity contribution in [3.05, 3.63) is 107 Å². The second-order valence-electron chi connectivity index (χ2n) is 14.4. The van der Waals surface area contributed by atoms with Crippen molar-refractivity contribution in [3.8, 4) is 34.5 Å². The Hall–Kier alpha value is -4.88. The van der Waals surface area contributed by atoms with Gasteiger partial charge in [0.2, 0.25) is 11.6 Å². The summed E-state index contributed by atoms with van der Waals surface area (Å²) in [5.74, 6) is -6.21. The molecule has 330 valence electrons. The highest BCUT2D eigenvalue weighted by Gasteiger charge is 2.40. The van der Waals surface area contributed by atoms with Gasteiger partial charge < -0.3 is 28.4 Å². The predicted molar refractivity (Wildman–Crippen MR) is 213 cm³/mol. The molecule has 0 aliphatic heterocycles. The quantitative estimate of drug-likeness (QED) is 0.0419. The van der Waals surface area contributed by atoms with Crippen molar-refractivity contribution < 1.29 is 63.5 Å². The molecular weight excluding hydrogens is 800 g/mol. The van der Waals surface area contributed by atoms with Crippen molar-refractivity contribution in [1.82, 2.24) is 0 Å². The van der Waals surface area contributed by atoms with E-state index in [9.17, 15) is 35.1 Å². The minimum atomic E-state index is -4.11. The largest absolute Gasteiger partial charge is 0.494 e. The molecule has 4 aromatic carbocycles. The lowest BCUT2D eigenvalue weighted by atomic mass is 9.96. The van der Waals surface area contributed by atoms with Crippen LogP contribution in [0.4, 0.5) is 35.1 Å². The summed E-state index contributed by atoms with van der Waals surface area (Å²) < 4.78 is 146. The van der Waals surface area contributed by atoms with E-state index < -0.39 is 58.1 Å². The monoisotopic (exact) mass is 854 g/mol. The summed E-state index contributed by atoms with van der Waals surface area (Å²) in [6, 6.07) is 14.4. The van der Waals surface area contributed by atoms with Gasteiger partial charge in [-0.2, -0.15) is 26.3 Å². The Balaban J connectivity index is 0.982. The zero-order valence-electron chi connectivity index (χ0n) is 34.3. The van der Waals surface area contributed by atoms with Crippen LogP contribution in [-0.4, -0.2) is 26.4 Å². The predicted octanol–water partition coefficient (Wildman–Crippen LogP) is 14.1. The maximum absolute atomic E-state index is 14.6. The minimum Gasteiger partial charge on any atom is -0.494 e. The topological polar surface area (TPSA) is 55.4 Å². The molecule has 0 radical (unpaired) electrons. The first-order valence-corrected chi connectivity index (χ1v) is 20.6. The van der Waals surface area contributed by atoms with Gasteiger partial charge in [-0.1, -0.05) is 71.1 Å². The van der Waals surface area contributed by atoms with Gasteiger partial charge >= 0.3 is 12.2 Å². The summed E-state index contributed by atoms with van der Waals surface area (Å²) in [7, 11) is 0. The SMILES string of the molecule is CCOc1ccc(C(F)(F)Oc2ccc(OCCCCCCCC(C)CCCCCCCOc3ccc(OC(F)(F)c4ccc(OCC)c(F)c4F)cc3)cc2)c(F)c1F. The number of hydrogen-bond donors (Lipinski definition) is 0. The maximum atomic E-state index is 14.6. The van der Waals surface area contributed by atoms with E-state index in [1.54, 1.807) is 13.8 Å². The normalized spacial score (nSPS) is 11.8. The molecule has 0 fully saturated rings. The molecule has 0 heterocycles. The zero-order valence-corrected chi connectivity index (χ0v) is 34.3. The van der Waals surface area contributed by atoms with E-state index in [0.29, 0.717) is 30.6 Å². The van der Waals surface area contributed by atoms with Gasteiger partial charge in [0, 0.05) is 0 Å². The summed E-state index contributed by atoms with van der Waals surface area (Å²) in [5.41, 5.74) is -2.46. The summed E-state index contributed by atoms with van der Waals surface area (Å²) in [6.07, 6.45) is 4.61. The summed E-state index contributed by atoms with van der Waals surface area (Å²) in [4.78, 5) is 0. The molecule has 0 unspecified atom stereocenters. The molecule has 60 heavy (non-hydrogen) atoms. The van der Waals surface area contributed by atoms with E-state index in [2.05, 4.69) is 6.92 Å². The van der Waals surface area contributed by atoms with Crippen LogP contribution in [-0.2, 0) is 12.2 Å². The van der Waals surface area contributed by atoms with Gasteiger partial charge in [0.05, 0.1) is 26.4 Å². The average molecular weight is 855 g/mol. The maximum Gasteiger partial charge on any atom is 0.429 e. The Morgan fingerprint density at radius 3 is 1.12 bits per heavy atom. The van der Waals surface area contributed by atoms with Crippen LogP contribution in [0, 0.1) is 29.2 Å². The number of ether oxygens (including phenoxy) is 6. The molecule has 6 nitrogen and oxygen atoms in total. The summed E-state index contributed by atoms with van der Waals surface area (Å²) in [5, 5.41) is 0. The average Bonchev–Trinajstić information content (AvgIpc) is 3.21. The highest BCUT2D eigenvalue weighted by molar-refractivity contribution is 5.37. The molecule has 0 amide bonds. The third-order valence-electron chi connectivity index (χ3n) is 9.68. The summed E-state index contributed by atoms with van der Waals surface area (Å²) in [6.45, 7) is 6.46. The molecule has 4 rings (SSSR count). The Morgan fingerprint density at radius 2 is 0.750 bits per heavy atom. The lowest BCUT2D eigenvalue weighted by Gasteiger charge is -2.20. The van der Waals surface area contributed by atoms with E-state index in [0.717, 1.165) is 88.5 Å². The van der Waals surface area contributed by atoms with Gasteiger partial charge in [-0.25, -0.2) is 8.78 Å². The molecule has 14 heteroatoms. The highest BCUT2D eigenvalue weighted by Crippen LogP contribution is 2.38. The Labute approximate surface area is 347 Å². The molecule has 0 aromatic heterocycles. The zero-order chi connectivity index (χ0) is 43.5. The van der Waals surface area contributed by atoms with Crippen LogP contribution in [0.25, 0.3) is 0 Å². The van der Waals surface area contributed by atoms with Crippen LogP contribution in [0.1, 0.15) is 109 Å². The van der Waals surface area contributed by atoms with Crippen LogP contribution in [0.5, 0.6) is 34.5 Å². The Kier molecular flexibility index (Phi) is 19.0. The number of rotatable bonds is 28. The number of alkyl halides is 4. The first-order valence-electron chi connectivity index (χ1n) is 20.6. The fourth-order valence-corrected chi connectivity index (χ4v) is 6.44. The molecule has 0 N–H and O–H groups in total. The van der Waals surface area contributed by atoms with Crippen molar-refractivity contribution in [2.45, 2.75) is 110 Å². The molecule has 0 atom stereocenters. The number of benzene rings is 4. The van der Waals surface area contributed by atoms with Crippen molar-refractivity contribution >= 4 is 0 Å². The van der Waals surface area contributed by atoms with E-state index in [4.69, 9.17) is 28.4 Å². The van der Waals surface area contributed by atoms with Crippen LogP contribution >= 0.6 is 0 Å². The van der Waals surface area contributed by atoms with Crippen molar-refractivity contribution in [2.75, 3.05) is 26.4 Å². The second-order valence-corrected chi connectivity index (χ2v) is 14.4. The molecule has 0 aliphatic carbocycles. The smallest absolute Gasteiger partial charge is 0.429 e. The third kappa shape index (κ3) is 14.7. The Bertz CT molecular complexity index is 1740. The first-order chi connectivity index (χ1) is 28.8. The molecule has 0 aliphatic rings. The molecule has 4 aromatic rings. The van der Waals surface area contributed by atoms with Crippen molar-refractivity contribution in [2.24, 2.45) is 5.92 Å². The fraction of sp³-hybridized carbons (Fsp3) is 0.478. The molecule has 0 saturated carbocycles. The number of unbranched alkanes of at least 4 members (excludes halogenated alkanes) is 8. The van der Waals surface area contributed by atoms with Crippen LogP contribution in [0.3, 0.4) is 0 Å². The van der Waals surface area contributed by atoms with Crippen molar-refractivity contribution in [1.29, 1.82) is 0 Å². The van der Waals surface area contributed by atoms with E-state index in [1.807, 2.05) is 0 Å². The van der Waals surface area contributed by atoms with Crippen LogP contribution in [0.2, 0.25) is 0 Å². The fourth-order valence-electron chi connectivity index (χ4n) is 6.44. The molecule has 0 bridgehead atoms. The van der Waals surface area contributed by atoms with Gasteiger partial charge in [-0.05, 0) is 105 Å². The standard InChI is InChI=1S/C46H54F8O6/c1-4-55-39-28-26-37(41(47)43(39)49)45(51,52)59-35-22-18-33(19-23-35)57-30-14-10-6-8-12-16-32(3)17-13-9-7-11-15-31-58-34-20-24-36(25-21-34)60-46(53,54)38-27-29-40(56-5-2)44(50)42(38)48/h18-29,32H,4-17,30-31H2,1-3H3. The van der Waals surface area contributed by atoms with Crippen LogP contribution < -0.4 is 28.4 Å². The van der Waals surface area contributed by atoms with Gasteiger partial charge in [-0.15, -0.1) is 0 Å². The van der Waals surface area contributed by atoms with Gasteiger partial charge in [0.1, 0.15) is 34.1 Å². The van der Waals surface area contributed by atoms with Gasteiger partial charge in [-0.3, -0.25) is 0 Å². The number of halogens is 8. The summed E-state index contributed by atoms with van der Waals surface area (Å²) >= 11 is 0. The molecular formula is C46H54F8O6. The van der Waals surface area contributed by atoms with E-state index >= 15 is 0 Å².